The van der Waals surface area contributed by atoms with E-state index < -0.39 is 17.5 Å². The zero-order valence-corrected chi connectivity index (χ0v) is 22.9. The number of carbonyl (C=O) groups is 2. The molecule has 1 unspecified atom stereocenters. The number of hydrogen-bond donors (Lipinski definition) is 2. The Labute approximate surface area is 232 Å². The fraction of sp³-hybridized carbons (Fsp3) is 0.333. The lowest BCUT2D eigenvalue weighted by Gasteiger charge is -2.32. The van der Waals surface area contributed by atoms with Gasteiger partial charge in [-0.05, 0) is 75.9 Å². The van der Waals surface area contributed by atoms with Crippen molar-refractivity contribution in [3.63, 3.8) is 0 Å². The highest BCUT2D eigenvalue weighted by atomic mass is 32.2. The van der Waals surface area contributed by atoms with E-state index in [9.17, 15) is 18.4 Å². The molecule has 4 rings (SSSR count). The summed E-state index contributed by atoms with van der Waals surface area (Å²) in [6, 6.07) is 18.1. The van der Waals surface area contributed by atoms with Crippen molar-refractivity contribution in [2.24, 2.45) is 5.92 Å². The Kier molecular flexibility index (Phi) is 10.1. The first-order valence-corrected chi connectivity index (χ1v) is 13.8. The van der Waals surface area contributed by atoms with Crippen LogP contribution in [0.3, 0.4) is 0 Å². The van der Waals surface area contributed by atoms with Crippen molar-refractivity contribution in [1.82, 2.24) is 15.5 Å². The van der Waals surface area contributed by atoms with Gasteiger partial charge in [-0.2, -0.15) is 0 Å². The van der Waals surface area contributed by atoms with Gasteiger partial charge in [0.05, 0.1) is 0 Å². The second kappa shape index (κ2) is 13.7. The second-order valence-corrected chi connectivity index (χ2v) is 10.9. The molecule has 39 heavy (non-hydrogen) atoms. The third-order valence-electron chi connectivity index (χ3n) is 6.58. The Bertz CT molecular complexity index is 1300. The summed E-state index contributed by atoms with van der Waals surface area (Å²) in [5, 5.41) is 6.13. The lowest BCUT2D eigenvalue weighted by Crippen LogP contribution is -2.51. The predicted octanol–water partition coefficient (Wildman–Crippen LogP) is 5.04. The van der Waals surface area contributed by atoms with Crippen LogP contribution in [0.4, 0.5) is 8.78 Å². The summed E-state index contributed by atoms with van der Waals surface area (Å²) >= 11 is 1.51. The molecule has 2 atom stereocenters. The maximum atomic E-state index is 13.8. The van der Waals surface area contributed by atoms with Gasteiger partial charge in [0.15, 0.2) is 17.4 Å². The third kappa shape index (κ3) is 7.88. The molecule has 2 N–H and O–H groups in total. The number of amides is 1. The molecule has 1 saturated heterocycles. The summed E-state index contributed by atoms with van der Waals surface area (Å²) in [4.78, 5) is 30.2. The molecule has 3 aromatic rings. The highest BCUT2D eigenvalue weighted by molar-refractivity contribution is 7.99. The standard InChI is InChI=1S/C30H33F2N3O3S/c1-35(2)15-16-38-21-7-5-8-22(18-21)39-28-11-4-3-9-24(28)29(36)23-10-6-14-33-27(23)19-34-30(37)20-12-13-25(31)26(32)17-20/h3-5,7-9,11-13,17-18,23,27,33H,6,10,14-16,19H2,1-2H3,(H,34,37)/t23?,27-/m1/s1. The first kappa shape index (κ1) is 28.7. The average molecular weight is 554 g/mol. The van der Waals surface area contributed by atoms with Gasteiger partial charge in [-0.1, -0.05) is 36.0 Å². The van der Waals surface area contributed by atoms with Crippen LogP contribution in [0, 0.1) is 17.6 Å². The Morgan fingerprint density at radius 2 is 1.87 bits per heavy atom. The molecule has 206 valence electrons. The maximum absolute atomic E-state index is 13.8. The molecule has 0 radical (unpaired) electrons. The number of likely N-dealkylation sites (N-methyl/N-ethyl adjacent to an activating group) is 1. The fourth-order valence-electron chi connectivity index (χ4n) is 4.48. The van der Waals surface area contributed by atoms with Gasteiger partial charge < -0.3 is 20.3 Å². The molecular formula is C30H33F2N3O3S. The van der Waals surface area contributed by atoms with Crippen LogP contribution in [0.15, 0.2) is 76.5 Å². The van der Waals surface area contributed by atoms with E-state index in [2.05, 4.69) is 15.5 Å². The number of rotatable bonds is 11. The fourth-order valence-corrected chi connectivity index (χ4v) is 5.48. The molecule has 9 heteroatoms. The molecule has 0 aliphatic carbocycles. The smallest absolute Gasteiger partial charge is 0.251 e. The molecule has 1 aliphatic heterocycles. The topological polar surface area (TPSA) is 70.7 Å². The molecular weight excluding hydrogens is 520 g/mol. The summed E-state index contributed by atoms with van der Waals surface area (Å²) in [5.74, 6) is -2.16. The van der Waals surface area contributed by atoms with Crippen molar-refractivity contribution < 1.29 is 23.1 Å². The minimum absolute atomic E-state index is 0.00997. The molecule has 0 aromatic heterocycles. The van der Waals surface area contributed by atoms with E-state index in [1.54, 1.807) is 0 Å². The number of hydrogen-bond acceptors (Lipinski definition) is 6. The van der Waals surface area contributed by atoms with Crippen molar-refractivity contribution >= 4 is 23.5 Å². The van der Waals surface area contributed by atoms with Gasteiger partial charge in [0.2, 0.25) is 0 Å². The van der Waals surface area contributed by atoms with Gasteiger partial charge >= 0.3 is 0 Å². The number of carbonyl (C=O) groups excluding carboxylic acids is 2. The molecule has 0 bridgehead atoms. The van der Waals surface area contributed by atoms with Gasteiger partial charge in [0.25, 0.3) is 5.91 Å². The van der Waals surface area contributed by atoms with Crippen molar-refractivity contribution in [1.29, 1.82) is 0 Å². The van der Waals surface area contributed by atoms with Crippen LogP contribution in [-0.4, -0.2) is 63.0 Å². The number of Topliss-reactive ketones (excluding diaryl/α,β-unsaturated/α-hetero) is 1. The molecule has 0 saturated carbocycles. The van der Waals surface area contributed by atoms with E-state index in [4.69, 9.17) is 4.74 Å². The summed E-state index contributed by atoms with van der Waals surface area (Å²) in [7, 11) is 3.99. The van der Waals surface area contributed by atoms with E-state index in [0.29, 0.717) is 18.6 Å². The van der Waals surface area contributed by atoms with E-state index in [1.807, 2.05) is 62.6 Å². The predicted molar refractivity (Wildman–Crippen MR) is 149 cm³/mol. The Morgan fingerprint density at radius 3 is 2.67 bits per heavy atom. The van der Waals surface area contributed by atoms with Crippen LogP contribution in [0.25, 0.3) is 0 Å². The average Bonchev–Trinajstić information content (AvgIpc) is 2.93. The minimum atomic E-state index is -1.08. The summed E-state index contributed by atoms with van der Waals surface area (Å²) < 4.78 is 32.7. The van der Waals surface area contributed by atoms with Crippen LogP contribution in [0.2, 0.25) is 0 Å². The Morgan fingerprint density at radius 1 is 1.05 bits per heavy atom. The maximum Gasteiger partial charge on any atom is 0.251 e. The number of halogens is 2. The largest absolute Gasteiger partial charge is 0.492 e. The van der Waals surface area contributed by atoms with Crippen molar-refractivity contribution in [3.05, 3.63) is 89.5 Å². The van der Waals surface area contributed by atoms with E-state index in [0.717, 1.165) is 47.2 Å². The summed E-state index contributed by atoms with van der Waals surface area (Å²) in [5.41, 5.74) is 0.661. The van der Waals surface area contributed by atoms with Crippen molar-refractivity contribution in [2.45, 2.75) is 28.7 Å². The molecule has 0 spiro atoms. The lowest BCUT2D eigenvalue weighted by molar-refractivity contribution is 0.0835. The van der Waals surface area contributed by atoms with E-state index >= 15 is 0 Å². The highest BCUT2D eigenvalue weighted by Gasteiger charge is 2.32. The zero-order valence-electron chi connectivity index (χ0n) is 22.1. The van der Waals surface area contributed by atoms with Gasteiger partial charge in [-0.15, -0.1) is 0 Å². The van der Waals surface area contributed by atoms with E-state index in [1.165, 1.54) is 17.8 Å². The molecule has 1 fully saturated rings. The third-order valence-corrected chi connectivity index (χ3v) is 7.64. The molecule has 1 amide bonds. The van der Waals surface area contributed by atoms with Crippen LogP contribution in [0.5, 0.6) is 5.75 Å². The molecule has 1 aliphatic rings. The quantitative estimate of drug-likeness (QED) is 0.325. The van der Waals surface area contributed by atoms with Crippen LogP contribution < -0.4 is 15.4 Å². The van der Waals surface area contributed by atoms with Gasteiger partial charge in [-0.3, -0.25) is 9.59 Å². The Balaban J connectivity index is 1.44. The number of ketones is 1. The van der Waals surface area contributed by atoms with Crippen LogP contribution >= 0.6 is 11.8 Å². The van der Waals surface area contributed by atoms with Gasteiger partial charge in [0, 0.05) is 46.0 Å². The number of ether oxygens (including phenoxy) is 1. The lowest BCUT2D eigenvalue weighted by atomic mass is 9.84. The summed E-state index contributed by atoms with van der Waals surface area (Å²) in [6.07, 6.45) is 1.53. The van der Waals surface area contributed by atoms with Gasteiger partial charge in [-0.25, -0.2) is 8.78 Å². The molecule has 3 aromatic carbocycles. The first-order valence-electron chi connectivity index (χ1n) is 13.0. The van der Waals surface area contributed by atoms with E-state index in [-0.39, 0.29) is 29.9 Å². The highest BCUT2D eigenvalue weighted by Crippen LogP contribution is 2.34. The summed E-state index contributed by atoms with van der Waals surface area (Å²) in [6.45, 7) is 2.31. The number of nitrogens with zero attached hydrogens (tertiary/aromatic N) is 1. The number of nitrogens with one attached hydrogen (secondary N) is 2. The van der Waals surface area contributed by atoms with Crippen molar-refractivity contribution in [3.8, 4) is 5.75 Å². The molecule has 1 heterocycles. The van der Waals surface area contributed by atoms with Gasteiger partial charge in [0.1, 0.15) is 12.4 Å². The first-order chi connectivity index (χ1) is 18.8. The molecule has 6 nitrogen and oxygen atoms in total. The zero-order chi connectivity index (χ0) is 27.8. The van der Waals surface area contributed by atoms with Crippen LogP contribution in [-0.2, 0) is 0 Å². The number of piperidine rings is 1. The number of benzene rings is 3. The normalized spacial score (nSPS) is 17.2. The monoisotopic (exact) mass is 553 g/mol. The van der Waals surface area contributed by atoms with Crippen molar-refractivity contribution in [2.75, 3.05) is 40.3 Å². The second-order valence-electron chi connectivity index (χ2n) is 9.74. The SMILES string of the molecule is CN(C)CCOc1cccc(Sc2ccccc2C(=O)C2CCCN[C@@H]2CNC(=O)c2ccc(F)c(F)c2)c1. The van der Waals surface area contributed by atoms with Crippen LogP contribution in [0.1, 0.15) is 33.6 Å². The Hall–Kier alpha value is -3.27. The minimum Gasteiger partial charge on any atom is -0.492 e.